The third kappa shape index (κ3) is 3.88. The predicted molar refractivity (Wildman–Crippen MR) is 95.0 cm³/mol. The topological polar surface area (TPSA) is 84.4 Å². The van der Waals surface area contributed by atoms with E-state index in [0.717, 1.165) is 49.3 Å². The van der Waals surface area contributed by atoms with Gasteiger partial charge in [0.15, 0.2) is 0 Å². The van der Waals surface area contributed by atoms with Gasteiger partial charge in [0, 0.05) is 61.6 Å². The Kier molecular flexibility index (Phi) is 4.87. The number of aryl methyl sites for hydroxylation is 1. The standard InChI is InChI=1S/C18H24N4O3/c1-18(13-23)8-3-9-21(12-18)11-15-10-20(2)19-17(15)14-4-6-16(7-5-14)22(24)25/h4-7,10,23H,3,8-9,11-13H2,1-2H3. The van der Waals surface area contributed by atoms with Crippen LogP contribution in [0.25, 0.3) is 11.3 Å². The SMILES string of the molecule is Cn1cc(CN2CCCC(C)(CO)C2)c(-c2ccc([N+](=O)[O-])cc2)n1. The van der Waals surface area contributed by atoms with E-state index in [1.807, 2.05) is 13.2 Å². The molecule has 0 aliphatic carbocycles. The van der Waals surface area contributed by atoms with E-state index in [4.69, 9.17) is 0 Å². The molecule has 1 fully saturated rings. The van der Waals surface area contributed by atoms with Crippen LogP contribution in [0, 0.1) is 15.5 Å². The van der Waals surface area contributed by atoms with Crippen LogP contribution in [-0.2, 0) is 13.6 Å². The van der Waals surface area contributed by atoms with E-state index in [2.05, 4.69) is 16.9 Å². The first-order chi connectivity index (χ1) is 11.9. The normalized spacial score (nSPS) is 21.4. The molecule has 1 atom stereocenters. The molecular weight excluding hydrogens is 320 g/mol. The highest BCUT2D eigenvalue weighted by Crippen LogP contribution is 2.31. The van der Waals surface area contributed by atoms with Crippen molar-refractivity contribution in [3.8, 4) is 11.3 Å². The van der Waals surface area contributed by atoms with Crippen molar-refractivity contribution in [3.05, 3.63) is 46.1 Å². The van der Waals surface area contributed by atoms with Crippen LogP contribution >= 0.6 is 0 Å². The number of nitro benzene ring substituents is 1. The summed E-state index contributed by atoms with van der Waals surface area (Å²) in [5, 5.41) is 25.0. The lowest BCUT2D eigenvalue weighted by Gasteiger charge is -2.39. The first-order valence-corrected chi connectivity index (χ1v) is 8.51. The Labute approximate surface area is 147 Å². The number of nitrogens with zero attached hydrogens (tertiary/aromatic N) is 4. The molecule has 0 amide bonds. The van der Waals surface area contributed by atoms with Gasteiger partial charge in [-0.1, -0.05) is 6.92 Å². The van der Waals surface area contributed by atoms with E-state index in [1.54, 1.807) is 16.8 Å². The third-order valence-electron chi connectivity index (χ3n) is 4.89. The predicted octanol–water partition coefficient (Wildman–Crippen LogP) is 2.59. The zero-order valence-electron chi connectivity index (χ0n) is 14.7. The molecule has 2 heterocycles. The van der Waals surface area contributed by atoms with Gasteiger partial charge < -0.3 is 5.11 Å². The van der Waals surface area contributed by atoms with Crippen molar-refractivity contribution < 1.29 is 10.0 Å². The highest BCUT2D eigenvalue weighted by Gasteiger charge is 2.30. The number of nitro groups is 1. The lowest BCUT2D eigenvalue weighted by Crippen LogP contribution is -2.43. The first-order valence-electron chi connectivity index (χ1n) is 8.51. The molecule has 0 bridgehead atoms. The quantitative estimate of drug-likeness (QED) is 0.666. The van der Waals surface area contributed by atoms with E-state index in [-0.39, 0.29) is 17.7 Å². The number of aromatic nitrogens is 2. The van der Waals surface area contributed by atoms with Gasteiger partial charge in [0.1, 0.15) is 0 Å². The fraction of sp³-hybridized carbons (Fsp3) is 0.500. The van der Waals surface area contributed by atoms with E-state index in [0.29, 0.717) is 0 Å². The summed E-state index contributed by atoms with van der Waals surface area (Å²) in [4.78, 5) is 12.8. The monoisotopic (exact) mass is 344 g/mol. The number of non-ortho nitro benzene ring substituents is 1. The summed E-state index contributed by atoms with van der Waals surface area (Å²) in [6.07, 6.45) is 4.12. The average Bonchev–Trinajstić information content (AvgIpc) is 2.95. The van der Waals surface area contributed by atoms with E-state index >= 15 is 0 Å². The third-order valence-corrected chi connectivity index (χ3v) is 4.89. The number of piperidine rings is 1. The van der Waals surface area contributed by atoms with Crippen molar-refractivity contribution in [3.63, 3.8) is 0 Å². The maximum Gasteiger partial charge on any atom is 0.269 e. The Morgan fingerprint density at radius 3 is 2.72 bits per heavy atom. The lowest BCUT2D eigenvalue weighted by atomic mass is 9.82. The Morgan fingerprint density at radius 1 is 1.36 bits per heavy atom. The van der Waals surface area contributed by atoms with Crippen LogP contribution in [0.3, 0.4) is 0 Å². The van der Waals surface area contributed by atoms with Gasteiger partial charge >= 0.3 is 0 Å². The van der Waals surface area contributed by atoms with Crippen LogP contribution in [0.4, 0.5) is 5.69 Å². The van der Waals surface area contributed by atoms with Gasteiger partial charge in [-0.3, -0.25) is 19.7 Å². The second kappa shape index (κ2) is 6.93. The van der Waals surface area contributed by atoms with Crippen LogP contribution in [-0.4, -0.2) is 44.4 Å². The van der Waals surface area contributed by atoms with Crippen LogP contribution < -0.4 is 0 Å². The molecule has 1 aromatic carbocycles. The molecule has 0 spiro atoms. The van der Waals surface area contributed by atoms with Gasteiger partial charge in [-0.05, 0) is 31.5 Å². The lowest BCUT2D eigenvalue weighted by molar-refractivity contribution is -0.384. The van der Waals surface area contributed by atoms with Crippen LogP contribution in [0.15, 0.2) is 30.5 Å². The minimum absolute atomic E-state index is 0.0476. The molecule has 0 saturated carbocycles. The molecule has 7 nitrogen and oxygen atoms in total. The van der Waals surface area contributed by atoms with Gasteiger partial charge in [0.2, 0.25) is 0 Å². The summed E-state index contributed by atoms with van der Waals surface area (Å²) in [6, 6.07) is 6.52. The summed E-state index contributed by atoms with van der Waals surface area (Å²) in [5.74, 6) is 0. The molecule has 1 saturated heterocycles. The van der Waals surface area contributed by atoms with Crippen molar-refractivity contribution in [2.75, 3.05) is 19.7 Å². The van der Waals surface area contributed by atoms with Crippen molar-refractivity contribution in [2.45, 2.75) is 26.3 Å². The molecule has 3 rings (SSSR count). The number of hydrogen-bond acceptors (Lipinski definition) is 5. The molecule has 2 aromatic rings. The van der Waals surface area contributed by atoms with Crippen molar-refractivity contribution >= 4 is 5.69 Å². The van der Waals surface area contributed by atoms with Gasteiger partial charge in [0.25, 0.3) is 5.69 Å². The number of rotatable bonds is 5. The Balaban J connectivity index is 1.82. The first kappa shape index (κ1) is 17.6. The molecule has 25 heavy (non-hydrogen) atoms. The number of benzene rings is 1. The van der Waals surface area contributed by atoms with E-state index < -0.39 is 4.92 Å². The van der Waals surface area contributed by atoms with Gasteiger partial charge in [-0.2, -0.15) is 5.10 Å². The number of hydrogen-bond donors (Lipinski definition) is 1. The Morgan fingerprint density at radius 2 is 2.08 bits per heavy atom. The Hall–Kier alpha value is -2.25. The molecule has 1 N–H and O–H groups in total. The van der Waals surface area contributed by atoms with E-state index in [9.17, 15) is 15.2 Å². The largest absolute Gasteiger partial charge is 0.396 e. The molecule has 1 aliphatic heterocycles. The summed E-state index contributed by atoms with van der Waals surface area (Å²) >= 11 is 0. The minimum atomic E-state index is -0.396. The molecule has 7 heteroatoms. The molecule has 1 aliphatic rings. The van der Waals surface area contributed by atoms with Crippen molar-refractivity contribution in [1.82, 2.24) is 14.7 Å². The summed E-state index contributed by atoms with van der Waals surface area (Å²) in [7, 11) is 1.88. The van der Waals surface area contributed by atoms with Crippen molar-refractivity contribution in [1.29, 1.82) is 0 Å². The molecular formula is C18H24N4O3. The summed E-state index contributed by atoms with van der Waals surface area (Å²) in [5.41, 5.74) is 2.86. The number of likely N-dealkylation sites (tertiary alicyclic amines) is 1. The van der Waals surface area contributed by atoms with Gasteiger partial charge in [0.05, 0.1) is 10.6 Å². The molecule has 1 aromatic heterocycles. The van der Waals surface area contributed by atoms with Crippen LogP contribution in [0.2, 0.25) is 0 Å². The highest BCUT2D eigenvalue weighted by atomic mass is 16.6. The van der Waals surface area contributed by atoms with Gasteiger partial charge in [-0.25, -0.2) is 0 Å². The molecule has 1 unspecified atom stereocenters. The second-order valence-electron chi connectivity index (χ2n) is 7.26. The maximum absolute atomic E-state index is 10.8. The number of aliphatic hydroxyl groups is 1. The molecule has 0 radical (unpaired) electrons. The molecule has 134 valence electrons. The Bertz CT molecular complexity index is 756. The average molecular weight is 344 g/mol. The zero-order chi connectivity index (χ0) is 18.0. The fourth-order valence-electron chi connectivity index (χ4n) is 3.57. The highest BCUT2D eigenvalue weighted by molar-refractivity contribution is 5.64. The zero-order valence-corrected chi connectivity index (χ0v) is 14.7. The maximum atomic E-state index is 10.8. The van der Waals surface area contributed by atoms with Gasteiger partial charge in [-0.15, -0.1) is 0 Å². The summed E-state index contributed by atoms with van der Waals surface area (Å²) < 4.78 is 1.78. The number of aliphatic hydroxyl groups excluding tert-OH is 1. The summed E-state index contributed by atoms with van der Waals surface area (Å²) in [6.45, 7) is 4.95. The second-order valence-corrected chi connectivity index (χ2v) is 7.26. The van der Waals surface area contributed by atoms with Crippen LogP contribution in [0.1, 0.15) is 25.3 Å². The van der Waals surface area contributed by atoms with E-state index in [1.165, 1.54) is 12.1 Å². The van der Waals surface area contributed by atoms with Crippen molar-refractivity contribution in [2.24, 2.45) is 12.5 Å². The smallest absolute Gasteiger partial charge is 0.269 e. The minimum Gasteiger partial charge on any atom is -0.396 e. The fourth-order valence-corrected chi connectivity index (χ4v) is 3.57. The van der Waals surface area contributed by atoms with Crippen LogP contribution in [0.5, 0.6) is 0 Å².